The lowest BCUT2D eigenvalue weighted by molar-refractivity contribution is -0.131. The maximum atomic E-state index is 12.2. The van der Waals surface area contributed by atoms with Crippen molar-refractivity contribution >= 4 is 5.91 Å². The molecule has 0 bridgehead atoms. The zero-order valence-electron chi connectivity index (χ0n) is 13.4. The van der Waals surface area contributed by atoms with E-state index in [1.54, 1.807) is 0 Å². The largest absolute Gasteiger partial charge is 0.493 e. The van der Waals surface area contributed by atoms with Gasteiger partial charge >= 0.3 is 0 Å². The molecule has 0 saturated carbocycles. The Morgan fingerprint density at radius 3 is 2.86 bits per heavy atom. The van der Waals surface area contributed by atoms with Crippen LogP contribution in [0.1, 0.15) is 29.5 Å². The average Bonchev–Trinajstić information content (AvgIpc) is 2.73. The number of hydrogen-bond donors (Lipinski definition) is 1. The Labute approximate surface area is 127 Å². The molecule has 1 heterocycles. The van der Waals surface area contributed by atoms with Gasteiger partial charge in [0, 0.05) is 19.6 Å². The highest BCUT2D eigenvalue weighted by Crippen LogP contribution is 2.23. The molecule has 0 aromatic heterocycles. The number of rotatable bonds is 4. The minimum absolute atomic E-state index is 0.195. The van der Waals surface area contributed by atoms with Crippen LogP contribution in [0.3, 0.4) is 0 Å². The van der Waals surface area contributed by atoms with Crippen molar-refractivity contribution in [2.45, 2.75) is 33.6 Å². The normalized spacial score (nSPS) is 15.7. The van der Waals surface area contributed by atoms with E-state index in [0.29, 0.717) is 13.0 Å². The summed E-state index contributed by atoms with van der Waals surface area (Å²) in [6.45, 7) is 10.2. The maximum Gasteiger partial charge on any atom is 0.226 e. The van der Waals surface area contributed by atoms with Crippen molar-refractivity contribution < 1.29 is 9.53 Å². The minimum atomic E-state index is 0.195. The van der Waals surface area contributed by atoms with Crippen LogP contribution in [0.2, 0.25) is 0 Å². The van der Waals surface area contributed by atoms with Crippen LogP contribution in [0.5, 0.6) is 5.75 Å². The first-order valence-electron chi connectivity index (χ1n) is 7.77. The Balaban J connectivity index is 1.85. The van der Waals surface area contributed by atoms with Gasteiger partial charge in [-0.2, -0.15) is 0 Å². The lowest BCUT2D eigenvalue weighted by Crippen LogP contribution is -2.34. The Morgan fingerprint density at radius 1 is 1.24 bits per heavy atom. The first kappa shape index (κ1) is 15.8. The van der Waals surface area contributed by atoms with Crippen LogP contribution < -0.4 is 10.1 Å². The van der Waals surface area contributed by atoms with E-state index in [4.69, 9.17) is 4.74 Å². The second kappa shape index (κ2) is 7.46. The molecule has 1 aliphatic rings. The van der Waals surface area contributed by atoms with E-state index in [9.17, 15) is 4.79 Å². The van der Waals surface area contributed by atoms with Gasteiger partial charge in [-0.1, -0.05) is 6.07 Å². The van der Waals surface area contributed by atoms with Crippen molar-refractivity contribution in [1.29, 1.82) is 0 Å². The van der Waals surface area contributed by atoms with Crippen molar-refractivity contribution in [3.05, 3.63) is 28.8 Å². The van der Waals surface area contributed by atoms with E-state index in [0.717, 1.165) is 43.9 Å². The van der Waals surface area contributed by atoms with Gasteiger partial charge in [-0.25, -0.2) is 0 Å². The Bertz CT molecular complexity index is 492. The third kappa shape index (κ3) is 4.46. The molecule has 116 valence electrons. The number of ether oxygens (including phenoxy) is 1. The molecule has 4 nitrogen and oxygen atoms in total. The highest BCUT2D eigenvalue weighted by molar-refractivity contribution is 5.76. The first-order chi connectivity index (χ1) is 10.1. The van der Waals surface area contributed by atoms with E-state index in [1.165, 1.54) is 11.1 Å². The number of amides is 1. The summed E-state index contributed by atoms with van der Waals surface area (Å²) < 4.78 is 5.83. The summed E-state index contributed by atoms with van der Waals surface area (Å²) in [5.74, 6) is 1.10. The van der Waals surface area contributed by atoms with Crippen LogP contribution in [0.4, 0.5) is 0 Å². The molecule has 1 aromatic rings. The Kier molecular flexibility index (Phi) is 5.62. The summed E-state index contributed by atoms with van der Waals surface area (Å²) in [6, 6.07) is 4.19. The first-order valence-corrected chi connectivity index (χ1v) is 7.77. The average molecular weight is 290 g/mol. The predicted molar refractivity (Wildman–Crippen MR) is 84.8 cm³/mol. The number of nitrogens with one attached hydrogen (secondary N) is 1. The zero-order valence-corrected chi connectivity index (χ0v) is 13.4. The summed E-state index contributed by atoms with van der Waals surface area (Å²) in [6.07, 6.45) is 1.48. The quantitative estimate of drug-likeness (QED) is 0.924. The second-order valence-corrected chi connectivity index (χ2v) is 5.79. The van der Waals surface area contributed by atoms with Gasteiger partial charge in [0.2, 0.25) is 5.91 Å². The number of hydrogen-bond acceptors (Lipinski definition) is 3. The van der Waals surface area contributed by atoms with Crippen LogP contribution in [-0.4, -0.2) is 43.6 Å². The van der Waals surface area contributed by atoms with Gasteiger partial charge < -0.3 is 15.0 Å². The summed E-state index contributed by atoms with van der Waals surface area (Å²) in [4.78, 5) is 14.1. The van der Waals surface area contributed by atoms with Gasteiger partial charge in [-0.3, -0.25) is 4.79 Å². The molecule has 1 N–H and O–H groups in total. The van der Waals surface area contributed by atoms with E-state index < -0.39 is 0 Å². The fourth-order valence-electron chi connectivity index (χ4n) is 2.65. The van der Waals surface area contributed by atoms with Gasteiger partial charge in [-0.05, 0) is 56.5 Å². The van der Waals surface area contributed by atoms with E-state index in [-0.39, 0.29) is 5.91 Å². The molecule has 0 unspecified atom stereocenters. The Hall–Kier alpha value is -1.55. The molecule has 2 rings (SSSR count). The van der Waals surface area contributed by atoms with Gasteiger partial charge in [0.05, 0.1) is 13.0 Å². The molecular weight excluding hydrogens is 264 g/mol. The third-order valence-corrected chi connectivity index (χ3v) is 4.03. The van der Waals surface area contributed by atoms with E-state index in [1.807, 2.05) is 11.0 Å². The maximum absolute atomic E-state index is 12.2. The molecule has 1 aromatic carbocycles. The summed E-state index contributed by atoms with van der Waals surface area (Å²) in [5.41, 5.74) is 3.58. The molecule has 0 radical (unpaired) electrons. The topological polar surface area (TPSA) is 41.6 Å². The van der Waals surface area contributed by atoms with Gasteiger partial charge in [-0.15, -0.1) is 0 Å². The monoisotopic (exact) mass is 290 g/mol. The van der Waals surface area contributed by atoms with Crippen molar-refractivity contribution in [3.8, 4) is 5.75 Å². The molecule has 1 fully saturated rings. The predicted octanol–water partition coefficient (Wildman–Crippen LogP) is 2.20. The molecule has 1 saturated heterocycles. The molecular formula is C17H26N2O2. The highest BCUT2D eigenvalue weighted by atomic mass is 16.5. The number of carbonyl (C=O) groups is 1. The smallest absolute Gasteiger partial charge is 0.226 e. The lowest BCUT2D eigenvalue weighted by atomic mass is 10.1. The fraction of sp³-hybridized carbons (Fsp3) is 0.588. The van der Waals surface area contributed by atoms with Gasteiger partial charge in [0.25, 0.3) is 0 Å². The summed E-state index contributed by atoms with van der Waals surface area (Å²) in [7, 11) is 0. The van der Waals surface area contributed by atoms with Crippen LogP contribution in [0.25, 0.3) is 0 Å². The zero-order chi connectivity index (χ0) is 15.2. The molecule has 4 heteroatoms. The molecule has 21 heavy (non-hydrogen) atoms. The number of carbonyl (C=O) groups excluding carboxylic acids is 1. The number of aryl methyl sites for hydroxylation is 2. The summed E-state index contributed by atoms with van der Waals surface area (Å²) in [5, 5.41) is 3.31. The lowest BCUT2D eigenvalue weighted by Gasteiger charge is -2.20. The fourth-order valence-corrected chi connectivity index (χ4v) is 2.65. The van der Waals surface area contributed by atoms with Crippen LogP contribution in [0.15, 0.2) is 12.1 Å². The molecule has 1 aliphatic heterocycles. The van der Waals surface area contributed by atoms with Crippen molar-refractivity contribution in [3.63, 3.8) is 0 Å². The SMILES string of the molecule is Cc1cc(C)c(C)c(OCCC(=O)N2CCCNCC2)c1. The number of nitrogens with zero attached hydrogens (tertiary/aromatic N) is 1. The van der Waals surface area contributed by atoms with Gasteiger partial charge in [0.15, 0.2) is 0 Å². The van der Waals surface area contributed by atoms with E-state index in [2.05, 4.69) is 32.2 Å². The molecule has 0 atom stereocenters. The van der Waals surface area contributed by atoms with E-state index >= 15 is 0 Å². The third-order valence-electron chi connectivity index (χ3n) is 4.03. The number of benzene rings is 1. The molecule has 1 amide bonds. The van der Waals surface area contributed by atoms with Crippen LogP contribution in [-0.2, 0) is 4.79 Å². The Morgan fingerprint density at radius 2 is 2.05 bits per heavy atom. The van der Waals surface area contributed by atoms with Crippen molar-refractivity contribution in [1.82, 2.24) is 10.2 Å². The second-order valence-electron chi connectivity index (χ2n) is 5.79. The van der Waals surface area contributed by atoms with Crippen LogP contribution in [0, 0.1) is 20.8 Å². The van der Waals surface area contributed by atoms with Crippen molar-refractivity contribution in [2.24, 2.45) is 0 Å². The standard InChI is InChI=1S/C17H26N2O2/c1-13-11-14(2)15(3)16(12-13)21-10-5-17(20)19-8-4-6-18-7-9-19/h11-12,18H,4-10H2,1-3H3. The minimum Gasteiger partial charge on any atom is -0.493 e. The molecule has 0 spiro atoms. The van der Waals surface area contributed by atoms with Gasteiger partial charge in [0.1, 0.15) is 5.75 Å². The summed E-state index contributed by atoms with van der Waals surface area (Å²) >= 11 is 0. The van der Waals surface area contributed by atoms with Crippen molar-refractivity contribution in [2.75, 3.05) is 32.8 Å². The molecule has 0 aliphatic carbocycles. The highest BCUT2D eigenvalue weighted by Gasteiger charge is 2.15. The van der Waals surface area contributed by atoms with Crippen LogP contribution >= 0.6 is 0 Å².